The summed E-state index contributed by atoms with van der Waals surface area (Å²) in [7, 11) is 0. The van der Waals surface area contributed by atoms with Crippen LogP contribution in [0.15, 0.2) is 72.3 Å². The summed E-state index contributed by atoms with van der Waals surface area (Å²) in [4.78, 5) is 13.4. The molecule has 0 spiro atoms. The van der Waals surface area contributed by atoms with Gasteiger partial charge >= 0.3 is 6.09 Å². The van der Waals surface area contributed by atoms with Crippen LogP contribution in [0.4, 0.5) is 10.5 Å². The Bertz CT molecular complexity index is 1250. The zero-order valence-electron chi connectivity index (χ0n) is 20.3. The molecule has 3 aromatic rings. The van der Waals surface area contributed by atoms with E-state index in [9.17, 15) is 10.1 Å². The topological polar surface area (TPSA) is 59.3 Å². The van der Waals surface area contributed by atoms with Crippen molar-refractivity contribution < 1.29 is 14.3 Å². The van der Waals surface area contributed by atoms with Crippen LogP contribution in [0.3, 0.4) is 0 Å². The molecule has 3 rings (SSSR count). The monoisotopic (exact) mass is 521 g/mol. The molecule has 3 aromatic carbocycles. The fraction of sp³-hybridized carbons (Fsp3) is 0.286. The van der Waals surface area contributed by atoms with Gasteiger partial charge in [-0.1, -0.05) is 35.9 Å². The Morgan fingerprint density at radius 1 is 1.09 bits per heavy atom. The zero-order valence-corrected chi connectivity index (χ0v) is 21.8. The lowest BCUT2D eigenvalue weighted by molar-refractivity contribution is 0.0432. The first-order valence-corrected chi connectivity index (χ1v) is 11.8. The van der Waals surface area contributed by atoms with Crippen LogP contribution >= 0.6 is 16.1 Å². The Labute approximate surface area is 210 Å². The van der Waals surface area contributed by atoms with Crippen molar-refractivity contribution in [3.8, 4) is 11.8 Å². The average molecular weight is 522 g/mol. The standard InChI is InChI=1S/C28H30BrN2O3/c1-20(2)13-14-31(29,27(32)34-28(3,4)5)24-16-23-15-22(18-30)11-12-25(23)26(17-24)33-19-21-9-7-6-8-10-21/h6-13,15-17H,14,19H2,1-5H3/q+1. The van der Waals surface area contributed by atoms with Gasteiger partial charge in [-0.25, -0.2) is 0 Å². The fourth-order valence-corrected chi connectivity index (χ4v) is 3.80. The zero-order chi connectivity index (χ0) is 24.9. The molecule has 0 aliphatic heterocycles. The number of amides is 1. The molecule has 1 amide bonds. The van der Waals surface area contributed by atoms with E-state index in [1.807, 2.05) is 95.3 Å². The highest BCUT2D eigenvalue weighted by atomic mass is 79.9. The number of nitrogens with zero attached hydrogens (tertiary/aromatic N) is 2. The van der Waals surface area contributed by atoms with Gasteiger partial charge < -0.3 is 9.47 Å². The quantitative estimate of drug-likeness (QED) is 0.245. The van der Waals surface area contributed by atoms with E-state index in [0.29, 0.717) is 30.2 Å². The van der Waals surface area contributed by atoms with Gasteiger partial charge in [-0.15, -0.1) is 3.51 Å². The lowest BCUT2D eigenvalue weighted by Gasteiger charge is -2.29. The summed E-state index contributed by atoms with van der Waals surface area (Å²) < 4.78 is 11.7. The van der Waals surface area contributed by atoms with Crippen LogP contribution < -0.4 is 8.25 Å². The first-order chi connectivity index (χ1) is 16.0. The Morgan fingerprint density at radius 3 is 2.41 bits per heavy atom. The van der Waals surface area contributed by atoms with Gasteiger partial charge in [0, 0.05) is 17.5 Å². The van der Waals surface area contributed by atoms with Crippen molar-refractivity contribution in [3.63, 3.8) is 0 Å². The first-order valence-electron chi connectivity index (χ1n) is 11.1. The number of carbonyl (C=O) groups excluding carboxylic acids is 1. The molecule has 5 nitrogen and oxygen atoms in total. The Kier molecular flexibility index (Phi) is 7.81. The van der Waals surface area contributed by atoms with E-state index in [0.717, 1.165) is 21.9 Å². The third-order valence-corrected chi connectivity index (χ3v) is 6.10. The van der Waals surface area contributed by atoms with Crippen LogP contribution in [-0.4, -0.2) is 18.2 Å². The van der Waals surface area contributed by atoms with Crippen molar-refractivity contribution in [2.75, 3.05) is 6.54 Å². The fourth-order valence-electron chi connectivity index (χ4n) is 3.38. The van der Waals surface area contributed by atoms with E-state index >= 15 is 0 Å². The highest BCUT2D eigenvalue weighted by Crippen LogP contribution is 2.39. The van der Waals surface area contributed by atoms with Crippen LogP contribution in [0.5, 0.6) is 5.75 Å². The van der Waals surface area contributed by atoms with Gasteiger partial charge in [0.1, 0.15) is 24.5 Å². The van der Waals surface area contributed by atoms with Gasteiger partial charge in [0.2, 0.25) is 16.1 Å². The van der Waals surface area contributed by atoms with Gasteiger partial charge in [0.25, 0.3) is 0 Å². The molecular weight excluding hydrogens is 492 g/mol. The lowest BCUT2D eigenvalue weighted by Crippen LogP contribution is -2.48. The smallest absolute Gasteiger partial charge is 0.488 e. The third-order valence-electron chi connectivity index (χ3n) is 5.11. The van der Waals surface area contributed by atoms with Crippen molar-refractivity contribution in [2.45, 2.75) is 46.8 Å². The first kappa shape index (κ1) is 25.5. The van der Waals surface area contributed by atoms with Crippen LogP contribution in [0, 0.1) is 11.3 Å². The van der Waals surface area contributed by atoms with Crippen molar-refractivity contribution in [2.24, 2.45) is 0 Å². The summed E-state index contributed by atoms with van der Waals surface area (Å²) in [6.07, 6.45) is 1.55. The minimum atomic E-state index is -0.656. The number of allylic oxidation sites excluding steroid dienone is 1. The maximum Gasteiger partial charge on any atom is 0.532 e. The van der Waals surface area contributed by atoms with E-state index in [4.69, 9.17) is 9.47 Å². The van der Waals surface area contributed by atoms with Crippen molar-refractivity contribution in [3.05, 3.63) is 83.4 Å². The number of hydrogen-bond donors (Lipinski definition) is 0. The third kappa shape index (κ3) is 6.25. The number of fused-ring (bicyclic) bond motifs is 1. The molecule has 0 fully saturated rings. The molecule has 176 valence electrons. The summed E-state index contributed by atoms with van der Waals surface area (Å²) >= 11 is 3.69. The molecule has 0 radical (unpaired) electrons. The molecule has 0 aliphatic carbocycles. The second kappa shape index (κ2) is 10.4. The van der Waals surface area contributed by atoms with Crippen LogP contribution in [0.1, 0.15) is 45.7 Å². The van der Waals surface area contributed by atoms with E-state index < -0.39 is 11.7 Å². The van der Waals surface area contributed by atoms with Crippen molar-refractivity contribution in [1.29, 1.82) is 5.26 Å². The molecule has 0 aromatic heterocycles. The minimum absolute atomic E-state index is 0.274. The molecule has 34 heavy (non-hydrogen) atoms. The van der Waals surface area contributed by atoms with Crippen LogP contribution in [0.2, 0.25) is 0 Å². The second-order valence-electron chi connectivity index (χ2n) is 9.43. The number of rotatable bonds is 6. The van der Waals surface area contributed by atoms with Gasteiger partial charge in [-0.3, -0.25) is 0 Å². The Balaban J connectivity index is 2.15. The number of halogens is 1. The summed E-state index contributed by atoms with van der Waals surface area (Å²) in [5.41, 5.74) is 2.64. The summed E-state index contributed by atoms with van der Waals surface area (Å²) in [6.45, 7) is 10.2. The molecule has 0 saturated carbocycles. The molecule has 1 atom stereocenters. The highest BCUT2D eigenvalue weighted by Gasteiger charge is 2.42. The predicted molar refractivity (Wildman–Crippen MR) is 141 cm³/mol. The molecule has 0 heterocycles. The largest absolute Gasteiger partial charge is 0.532 e. The Hall–Kier alpha value is -3.14. The van der Waals surface area contributed by atoms with Crippen molar-refractivity contribution >= 4 is 38.7 Å². The van der Waals surface area contributed by atoms with E-state index in [1.54, 1.807) is 6.07 Å². The second-order valence-corrected chi connectivity index (χ2v) is 10.6. The Morgan fingerprint density at radius 2 is 1.79 bits per heavy atom. The van der Waals surface area contributed by atoms with Crippen LogP contribution in [0.25, 0.3) is 10.8 Å². The number of benzene rings is 3. The number of quaternary nitrogens is 1. The van der Waals surface area contributed by atoms with Gasteiger partial charge in [-0.2, -0.15) is 10.1 Å². The van der Waals surface area contributed by atoms with Crippen LogP contribution in [-0.2, 0) is 11.3 Å². The van der Waals surface area contributed by atoms with E-state index in [1.165, 1.54) is 0 Å². The molecule has 1 unspecified atom stereocenters. The average Bonchev–Trinajstić information content (AvgIpc) is 2.79. The number of hydrogen-bond acceptors (Lipinski definition) is 4. The minimum Gasteiger partial charge on any atom is -0.488 e. The van der Waals surface area contributed by atoms with Gasteiger partial charge in [-0.05, 0) is 69.8 Å². The molecule has 0 saturated heterocycles. The lowest BCUT2D eigenvalue weighted by atomic mass is 10.0. The normalized spacial score (nSPS) is 13.0. The predicted octanol–water partition coefficient (Wildman–Crippen LogP) is 7.81. The number of carbonyl (C=O) groups is 1. The number of ether oxygens (including phenoxy) is 2. The van der Waals surface area contributed by atoms with E-state index in [2.05, 4.69) is 22.2 Å². The summed E-state index contributed by atoms with van der Waals surface area (Å²) in [5.74, 6) is 0.628. The SMILES string of the molecule is CC(C)=CC[N+](Br)(C(=O)OC(C)(C)C)c1cc(OCc2ccccc2)c2ccc(C#N)cc2c1. The summed E-state index contributed by atoms with van der Waals surface area (Å²) in [6, 6.07) is 21.3. The van der Waals surface area contributed by atoms with Gasteiger partial charge in [0.05, 0.1) is 11.6 Å². The molecule has 6 heteroatoms. The maximum absolute atomic E-state index is 13.4. The molecular formula is C28H30BrN2O3+. The highest BCUT2D eigenvalue weighted by molar-refractivity contribution is 9.09. The number of nitriles is 1. The molecule has 0 bridgehead atoms. The molecule has 0 N–H and O–H groups in total. The summed E-state index contributed by atoms with van der Waals surface area (Å²) in [5, 5.41) is 11.1. The molecule has 0 aliphatic rings. The van der Waals surface area contributed by atoms with Crippen molar-refractivity contribution in [1.82, 2.24) is 3.51 Å². The van der Waals surface area contributed by atoms with Gasteiger partial charge in [0.15, 0.2) is 5.69 Å². The van der Waals surface area contributed by atoms with E-state index in [-0.39, 0.29) is 3.51 Å². The maximum atomic E-state index is 13.4.